The van der Waals surface area contributed by atoms with E-state index in [2.05, 4.69) is 13.8 Å². The van der Waals surface area contributed by atoms with E-state index in [9.17, 15) is 19.8 Å². The van der Waals surface area contributed by atoms with E-state index >= 15 is 0 Å². The van der Waals surface area contributed by atoms with E-state index in [1.165, 1.54) is 116 Å². The van der Waals surface area contributed by atoms with Crippen molar-refractivity contribution in [2.24, 2.45) is 0 Å². The Balaban J connectivity index is -0.000000648. The number of unbranched alkanes of at least 4 members (excludes halogenated alkanes) is 22. The van der Waals surface area contributed by atoms with Crippen LogP contribution in [-0.4, -0.2) is 34.4 Å². The molecular weight excluding hydrogens is 546 g/mol. The number of hydrogen-bond donors (Lipinski definition) is 2. The van der Waals surface area contributed by atoms with Gasteiger partial charge in [-0.05, 0) is 12.8 Å². The van der Waals surface area contributed by atoms with E-state index in [0.717, 1.165) is 38.5 Å². The summed E-state index contributed by atoms with van der Waals surface area (Å²) in [6.45, 7) is 4.48. The van der Waals surface area contributed by atoms with Crippen LogP contribution in [0, 0.1) is 0 Å². The summed E-state index contributed by atoms with van der Waals surface area (Å²) >= 11 is 0. The quantitative estimate of drug-likeness (QED) is 0.0787. The van der Waals surface area contributed by atoms with Crippen LogP contribution >= 0.6 is 0 Å². The molecule has 0 aliphatic rings. The monoisotopic (exact) mass is 606 g/mol. The molecule has 0 aliphatic carbocycles. The second kappa shape index (κ2) is 35.5. The maximum atomic E-state index is 10.3. The van der Waals surface area contributed by atoms with E-state index in [4.69, 9.17) is 10.2 Å². The molecule has 0 heterocycles. The van der Waals surface area contributed by atoms with Gasteiger partial charge < -0.3 is 30.0 Å². The van der Waals surface area contributed by atoms with E-state index in [-0.39, 0.29) is 19.5 Å². The van der Waals surface area contributed by atoms with Gasteiger partial charge in [-0.3, -0.25) is 0 Å². The summed E-state index contributed by atoms with van der Waals surface area (Å²) < 4.78 is 0. The van der Waals surface area contributed by atoms with Crippen molar-refractivity contribution < 1.29 is 49.5 Å². The zero-order chi connectivity index (χ0) is 28.7. The molecule has 7 heteroatoms. The molecule has 0 rings (SSSR count). The molecule has 0 saturated heterocycles. The predicted molar refractivity (Wildman–Crippen MR) is 153 cm³/mol. The Morgan fingerprint density at radius 1 is 0.436 bits per heavy atom. The van der Waals surface area contributed by atoms with Crippen LogP contribution in [0.1, 0.15) is 181 Å². The fourth-order valence-corrected chi connectivity index (χ4v) is 4.59. The van der Waals surface area contributed by atoms with Gasteiger partial charge in [-0.15, -0.1) is 0 Å². The summed E-state index contributed by atoms with van der Waals surface area (Å²) in [5.41, 5.74) is 0. The smallest absolute Gasteiger partial charge is 0.547 e. The Hall–Kier alpha value is -0.517. The van der Waals surface area contributed by atoms with Crippen LogP contribution in [0.4, 0.5) is 0 Å². The topological polar surface area (TPSA) is 121 Å². The van der Waals surface area contributed by atoms with Gasteiger partial charge in [0.15, 0.2) is 0 Å². The molecule has 228 valence electrons. The van der Waals surface area contributed by atoms with Gasteiger partial charge in [0, 0.05) is 0 Å². The van der Waals surface area contributed by atoms with Gasteiger partial charge in [0.25, 0.3) is 0 Å². The molecule has 0 spiro atoms. The zero-order valence-corrected chi connectivity index (χ0v) is 28.7. The average molecular weight is 608 g/mol. The summed E-state index contributed by atoms with van der Waals surface area (Å²) in [4.78, 5) is 20.5. The molecular formula is C32H62O6Zn. The number of aliphatic hydroxyl groups is 2. The maximum Gasteiger partial charge on any atom is 2.00 e. The molecule has 0 aromatic carbocycles. The minimum Gasteiger partial charge on any atom is -0.547 e. The van der Waals surface area contributed by atoms with Crippen LogP contribution < -0.4 is 10.2 Å². The molecule has 0 saturated carbocycles. The fourth-order valence-electron chi connectivity index (χ4n) is 4.59. The summed E-state index contributed by atoms with van der Waals surface area (Å²) in [6, 6.07) is 0. The van der Waals surface area contributed by atoms with Gasteiger partial charge >= 0.3 is 19.5 Å². The van der Waals surface area contributed by atoms with E-state index in [1.807, 2.05) is 0 Å². The first kappa shape index (κ1) is 42.9. The van der Waals surface area contributed by atoms with Crippen LogP contribution in [0.5, 0.6) is 0 Å². The van der Waals surface area contributed by atoms with Crippen molar-refractivity contribution in [3.05, 3.63) is 0 Å². The molecule has 2 unspecified atom stereocenters. The molecule has 39 heavy (non-hydrogen) atoms. The van der Waals surface area contributed by atoms with Crippen LogP contribution in [0.2, 0.25) is 0 Å². The van der Waals surface area contributed by atoms with Crippen molar-refractivity contribution >= 4 is 11.9 Å². The van der Waals surface area contributed by atoms with Crippen molar-refractivity contribution in [3.63, 3.8) is 0 Å². The Morgan fingerprint density at radius 2 is 0.615 bits per heavy atom. The minimum atomic E-state index is -1.34. The second-order valence-corrected chi connectivity index (χ2v) is 11.0. The van der Waals surface area contributed by atoms with Gasteiger partial charge in [0.2, 0.25) is 0 Å². The number of aliphatic hydroxyl groups excluding tert-OH is 2. The third kappa shape index (κ3) is 37.5. The van der Waals surface area contributed by atoms with Crippen molar-refractivity contribution in [2.75, 3.05) is 0 Å². The molecule has 6 nitrogen and oxygen atoms in total. The van der Waals surface area contributed by atoms with Crippen molar-refractivity contribution in [1.82, 2.24) is 0 Å². The van der Waals surface area contributed by atoms with Gasteiger partial charge in [-0.1, -0.05) is 168 Å². The maximum absolute atomic E-state index is 10.3. The van der Waals surface area contributed by atoms with Crippen LogP contribution in [0.25, 0.3) is 0 Å². The van der Waals surface area contributed by atoms with Crippen LogP contribution in [0.15, 0.2) is 0 Å². The standard InChI is InChI=1S/2C16H32O3.Zn/c2*1-2-3-4-5-6-7-8-9-10-11-12-13-14-15(17)16(18)19;/h2*15,17H,2-14H2,1H3,(H,18,19);/q;;+2/p-2. The van der Waals surface area contributed by atoms with Crippen LogP contribution in [-0.2, 0) is 29.1 Å². The molecule has 2 atom stereocenters. The number of rotatable bonds is 28. The second-order valence-electron chi connectivity index (χ2n) is 11.0. The summed E-state index contributed by atoms with van der Waals surface area (Å²) in [5, 5.41) is 38.6. The Kier molecular flexibility index (Phi) is 39.1. The normalized spacial score (nSPS) is 12.2. The summed E-state index contributed by atoms with van der Waals surface area (Å²) in [5.74, 6) is -2.69. The first-order valence-electron chi connectivity index (χ1n) is 16.1. The molecule has 0 amide bonds. The van der Waals surface area contributed by atoms with Crippen molar-refractivity contribution in [1.29, 1.82) is 0 Å². The summed E-state index contributed by atoms with van der Waals surface area (Å²) in [6.07, 6.45) is 28.1. The SMILES string of the molecule is CCCCCCCCCCCCCCC(O)C(=O)[O-].CCCCCCCCCCCCCCC(O)C(=O)[O-].[Zn+2]. The number of hydrogen-bond acceptors (Lipinski definition) is 6. The number of carboxylic acids is 2. The van der Waals surface area contributed by atoms with E-state index < -0.39 is 24.1 Å². The Bertz CT molecular complexity index is 459. The molecule has 2 N–H and O–H groups in total. The van der Waals surface area contributed by atoms with Gasteiger partial charge in [-0.25, -0.2) is 0 Å². The molecule has 0 fully saturated rings. The molecule has 0 aromatic heterocycles. The first-order chi connectivity index (χ1) is 18.4. The fraction of sp³-hybridized carbons (Fsp3) is 0.938. The van der Waals surface area contributed by atoms with Gasteiger partial charge in [0.1, 0.15) is 0 Å². The van der Waals surface area contributed by atoms with Gasteiger partial charge in [-0.2, -0.15) is 0 Å². The first-order valence-corrected chi connectivity index (χ1v) is 16.1. The minimum absolute atomic E-state index is 0. The van der Waals surface area contributed by atoms with Crippen LogP contribution in [0.3, 0.4) is 0 Å². The molecule has 0 radical (unpaired) electrons. The number of carbonyl (C=O) groups excluding carboxylic acids is 2. The third-order valence-electron chi connectivity index (χ3n) is 7.21. The Labute approximate surface area is 253 Å². The molecule has 0 bridgehead atoms. The van der Waals surface area contributed by atoms with Crippen molar-refractivity contribution in [2.45, 2.75) is 193 Å². The van der Waals surface area contributed by atoms with Gasteiger partial charge in [0.05, 0.1) is 24.1 Å². The average Bonchev–Trinajstić information content (AvgIpc) is 2.89. The zero-order valence-electron chi connectivity index (χ0n) is 25.8. The molecule has 0 aliphatic heterocycles. The number of aliphatic carboxylic acids is 2. The van der Waals surface area contributed by atoms with E-state index in [1.54, 1.807) is 0 Å². The molecule has 0 aromatic rings. The summed E-state index contributed by atoms with van der Waals surface area (Å²) in [7, 11) is 0. The third-order valence-corrected chi connectivity index (χ3v) is 7.21. The number of carboxylic acid groups (broad SMARTS) is 2. The number of carbonyl (C=O) groups is 2. The van der Waals surface area contributed by atoms with Crippen molar-refractivity contribution in [3.8, 4) is 0 Å². The largest absolute Gasteiger partial charge is 2.00 e. The predicted octanol–water partition coefficient (Wildman–Crippen LogP) is 6.37. The Morgan fingerprint density at radius 3 is 0.795 bits per heavy atom. The van der Waals surface area contributed by atoms with E-state index in [0.29, 0.717) is 12.8 Å².